The van der Waals surface area contributed by atoms with Gasteiger partial charge in [-0.3, -0.25) is 0 Å². The Labute approximate surface area is 143 Å². The maximum Gasteiger partial charge on any atom is 0.137 e. The molecule has 0 amide bonds. The van der Waals surface area contributed by atoms with Crippen molar-refractivity contribution in [3.63, 3.8) is 0 Å². The van der Waals surface area contributed by atoms with E-state index in [0.29, 0.717) is 4.47 Å². The summed E-state index contributed by atoms with van der Waals surface area (Å²) in [4.78, 5) is 4.78. The van der Waals surface area contributed by atoms with Crippen molar-refractivity contribution in [1.82, 2.24) is 0 Å². The van der Waals surface area contributed by atoms with Gasteiger partial charge < -0.3 is 4.42 Å². The summed E-state index contributed by atoms with van der Waals surface area (Å²) in [6.07, 6.45) is 7.84. The Morgan fingerprint density at radius 1 is 1.30 bits per heavy atom. The van der Waals surface area contributed by atoms with Crippen LogP contribution in [-0.4, -0.2) is 5.71 Å². The van der Waals surface area contributed by atoms with E-state index in [1.165, 1.54) is 11.6 Å². The van der Waals surface area contributed by atoms with Gasteiger partial charge in [0.2, 0.25) is 0 Å². The molecule has 1 aliphatic heterocycles. The number of allylic oxidation sites excluding steroid dienone is 2. The third-order valence-corrected chi connectivity index (χ3v) is 5.32. The van der Waals surface area contributed by atoms with Crippen LogP contribution in [0.1, 0.15) is 43.7 Å². The first-order chi connectivity index (χ1) is 10.9. The van der Waals surface area contributed by atoms with Gasteiger partial charge >= 0.3 is 0 Å². The minimum absolute atomic E-state index is 0.0488. The van der Waals surface area contributed by atoms with E-state index in [9.17, 15) is 4.39 Å². The van der Waals surface area contributed by atoms with Gasteiger partial charge in [-0.2, -0.15) is 0 Å². The molecule has 2 heterocycles. The molecule has 1 aromatic heterocycles. The Balaban J connectivity index is 1.93. The molecular weight excluding hydrogens is 357 g/mol. The molecule has 4 heteroatoms. The topological polar surface area (TPSA) is 25.5 Å². The number of rotatable bonds is 1. The van der Waals surface area contributed by atoms with E-state index in [4.69, 9.17) is 9.41 Å². The summed E-state index contributed by atoms with van der Waals surface area (Å²) in [7, 11) is 0. The molecule has 1 aromatic carbocycles. The molecule has 2 nitrogen and oxygen atoms in total. The van der Waals surface area contributed by atoms with Crippen molar-refractivity contribution in [2.75, 3.05) is 0 Å². The van der Waals surface area contributed by atoms with Crippen LogP contribution in [0.5, 0.6) is 0 Å². The minimum atomic E-state index is -0.246. The number of nitrogens with zero attached hydrogens (tertiary/aromatic N) is 1. The van der Waals surface area contributed by atoms with Crippen molar-refractivity contribution in [2.45, 2.75) is 32.6 Å². The molecule has 118 valence electrons. The zero-order valence-electron chi connectivity index (χ0n) is 13.1. The van der Waals surface area contributed by atoms with E-state index in [2.05, 4.69) is 35.9 Å². The summed E-state index contributed by atoms with van der Waals surface area (Å²) in [6, 6.07) is 5.23. The number of aliphatic imine (C=N–C) groups is 1. The highest BCUT2D eigenvalue weighted by atomic mass is 79.9. The van der Waals surface area contributed by atoms with Crippen LogP contribution in [0.4, 0.5) is 10.1 Å². The summed E-state index contributed by atoms with van der Waals surface area (Å²) in [5.74, 6) is -0.198. The predicted molar refractivity (Wildman–Crippen MR) is 92.8 cm³/mol. The summed E-state index contributed by atoms with van der Waals surface area (Å²) in [5.41, 5.74) is 5.50. The highest BCUT2D eigenvalue weighted by molar-refractivity contribution is 9.10. The minimum Gasteiger partial charge on any atom is -0.470 e. The van der Waals surface area contributed by atoms with Crippen molar-refractivity contribution in [1.29, 1.82) is 0 Å². The smallest absolute Gasteiger partial charge is 0.137 e. The standard InChI is InChI=1S/C19H17BrFNO/c1-19(2)6-5-16-12(8-19)18(13-9-23-10-17(13)22-16)11-3-4-15(21)14(20)7-11/h3-4,7-10,18H,5-6H2,1-2H3. The fraction of sp³-hybridized carbons (Fsp3) is 0.316. The van der Waals surface area contributed by atoms with Gasteiger partial charge in [-0.15, -0.1) is 0 Å². The van der Waals surface area contributed by atoms with Crippen LogP contribution in [0, 0.1) is 11.2 Å². The van der Waals surface area contributed by atoms with Gasteiger partial charge in [0, 0.05) is 17.2 Å². The summed E-state index contributed by atoms with van der Waals surface area (Å²) in [5, 5.41) is 0. The Kier molecular flexibility index (Phi) is 3.34. The Morgan fingerprint density at radius 2 is 2.13 bits per heavy atom. The molecule has 0 bridgehead atoms. The van der Waals surface area contributed by atoms with E-state index in [0.717, 1.165) is 35.4 Å². The first kappa shape index (κ1) is 14.9. The first-order valence-corrected chi connectivity index (χ1v) is 8.56. The van der Waals surface area contributed by atoms with Gasteiger partial charge in [0.25, 0.3) is 0 Å². The van der Waals surface area contributed by atoms with Gasteiger partial charge in [0.15, 0.2) is 0 Å². The number of hydrogen-bond acceptors (Lipinski definition) is 2. The van der Waals surface area contributed by atoms with E-state index >= 15 is 0 Å². The van der Waals surface area contributed by atoms with Gasteiger partial charge in [-0.1, -0.05) is 26.0 Å². The molecule has 0 spiro atoms. The molecule has 0 fully saturated rings. The largest absolute Gasteiger partial charge is 0.470 e. The lowest BCUT2D eigenvalue weighted by Gasteiger charge is -2.34. The van der Waals surface area contributed by atoms with E-state index < -0.39 is 0 Å². The van der Waals surface area contributed by atoms with Crippen LogP contribution < -0.4 is 0 Å². The van der Waals surface area contributed by atoms with Crippen molar-refractivity contribution in [2.24, 2.45) is 10.4 Å². The van der Waals surface area contributed by atoms with Crippen molar-refractivity contribution in [3.05, 3.63) is 63.8 Å². The molecule has 0 radical (unpaired) electrons. The highest BCUT2D eigenvalue weighted by Crippen LogP contribution is 2.48. The zero-order valence-corrected chi connectivity index (χ0v) is 14.7. The van der Waals surface area contributed by atoms with Gasteiger partial charge in [-0.05, 0) is 57.5 Å². The number of fused-ring (bicyclic) bond motifs is 2. The van der Waals surface area contributed by atoms with Crippen LogP contribution in [0.3, 0.4) is 0 Å². The molecule has 4 rings (SSSR count). The second-order valence-electron chi connectivity index (χ2n) is 6.97. The molecule has 1 atom stereocenters. The van der Waals surface area contributed by atoms with Gasteiger partial charge in [0.1, 0.15) is 17.8 Å². The van der Waals surface area contributed by atoms with Gasteiger partial charge in [0.05, 0.1) is 10.7 Å². The molecule has 2 aromatic rings. The maximum absolute atomic E-state index is 13.7. The van der Waals surface area contributed by atoms with Crippen molar-refractivity contribution in [3.8, 4) is 0 Å². The van der Waals surface area contributed by atoms with Crippen LogP contribution in [0.15, 0.2) is 56.3 Å². The lowest BCUT2D eigenvalue weighted by atomic mass is 9.71. The summed E-state index contributed by atoms with van der Waals surface area (Å²) < 4.78 is 19.6. The van der Waals surface area contributed by atoms with E-state index in [1.807, 2.05) is 12.1 Å². The fourth-order valence-electron chi connectivity index (χ4n) is 3.50. The molecule has 0 N–H and O–H groups in total. The zero-order chi connectivity index (χ0) is 16.2. The second kappa shape index (κ2) is 5.17. The Bertz CT molecular complexity index is 847. The summed E-state index contributed by atoms with van der Waals surface area (Å²) >= 11 is 3.31. The lowest BCUT2D eigenvalue weighted by molar-refractivity contribution is 0.435. The van der Waals surface area contributed by atoms with Crippen LogP contribution >= 0.6 is 15.9 Å². The van der Waals surface area contributed by atoms with Crippen LogP contribution in [-0.2, 0) is 0 Å². The second-order valence-corrected chi connectivity index (χ2v) is 7.82. The quantitative estimate of drug-likeness (QED) is 0.588. The normalized spacial score (nSPS) is 22.0. The Morgan fingerprint density at radius 3 is 2.91 bits per heavy atom. The SMILES string of the molecule is CC1(C)C=C2C(=Nc3cocc3C2c2ccc(F)c(Br)c2)CC1. The third kappa shape index (κ3) is 2.49. The summed E-state index contributed by atoms with van der Waals surface area (Å²) in [6.45, 7) is 4.50. The molecule has 2 aliphatic rings. The molecule has 23 heavy (non-hydrogen) atoms. The third-order valence-electron chi connectivity index (χ3n) is 4.71. The van der Waals surface area contributed by atoms with Crippen LogP contribution in [0.25, 0.3) is 0 Å². The monoisotopic (exact) mass is 373 g/mol. The van der Waals surface area contributed by atoms with Crippen molar-refractivity contribution < 1.29 is 8.81 Å². The maximum atomic E-state index is 13.7. The molecular formula is C19H17BrFNO. The average Bonchev–Trinajstić information content (AvgIpc) is 2.95. The van der Waals surface area contributed by atoms with Gasteiger partial charge in [-0.25, -0.2) is 9.38 Å². The van der Waals surface area contributed by atoms with E-state index in [1.54, 1.807) is 12.5 Å². The van der Waals surface area contributed by atoms with Crippen LogP contribution in [0.2, 0.25) is 0 Å². The molecule has 1 unspecified atom stereocenters. The van der Waals surface area contributed by atoms with E-state index in [-0.39, 0.29) is 17.2 Å². The highest BCUT2D eigenvalue weighted by Gasteiger charge is 2.35. The number of benzene rings is 1. The number of furan rings is 1. The average molecular weight is 374 g/mol. The number of hydrogen-bond donors (Lipinski definition) is 0. The fourth-order valence-corrected chi connectivity index (χ4v) is 3.90. The predicted octanol–water partition coefficient (Wildman–Crippen LogP) is 6.15. The molecule has 1 aliphatic carbocycles. The lowest BCUT2D eigenvalue weighted by Crippen LogP contribution is -2.25. The van der Waals surface area contributed by atoms with Crippen molar-refractivity contribution >= 4 is 27.3 Å². The molecule has 0 saturated carbocycles. The molecule has 0 saturated heterocycles. The number of halogens is 2. The Hall–Kier alpha value is -1.68. The first-order valence-electron chi connectivity index (χ1n) is 7.76.